The lowest BCUT2D eigenvalue weighted by Crippen LogP contribution is -2.35. The summed E-state index contributed by atoms with van der Waals surface area (Å²) in [6.07, 6.45) is 0.523. The van der Waals surface area contributed by atoms with Crippen LogP contribution in [-0.2, 0) is 16.1 Å². The highest BCUT2D eigenvalue weighted by atomic mass is 16.5. The van der Waals surface area contributed by atoms with E-state index in [9.17, 15) is 4.79 Å². The van der Waals surface area contributed by atoms with Gasteiger partial charge in [-0.05, 0) is 19.4 Å². The fourth-order valence-electron chi connectivity index (χ4n) is 1.96. The first-order chi connectivity index (χ1) is 9.63. The molecule has 0 aromatic heterocycles. The van der Waals surface area contributed by atoms with Crippen molar-refractivity contribution in [3.05, 3.63) is 35.9 Å². The van der Waals surface area contributed by atoms with Crippen LogP contribution >= 0.6 is 0 Å². The molecular formula is C16H26N2O2. The molecule has 0 bridgehead atoms. The first-order valence-corrected chi connectivity index (χ1v) is 7.17. The number of hydrogen-bond acceptors (Lipinski definition) is 3. The van der Waals surface area contributed by atoms with Crippen LogP contribution in [0.4, 0.5) is 0 Å². The molecule has 4 nitrogen and oxygen atoms in total. The van der Waals surface area contributed by atoms with Gasteiger partial charge in [-0.15, -0.1) is 0 Å². The first-order valence-electron chi connectivity index (χ1n) is 7.17. The fraction of sp³-hybridized carbons (Fsp3) is 0.562. The largest absolute Gasteiger partial charge is 0.383 e. The predicted octanol–water partition coefficient (Wildman–Crippen LogP) is 2.05. The Hall–Kier alpha value is -1.39. The molecule has 0 aliphatic rings. The maximum Gasteiger partial charge on any atom is 0.221 e. The first kappa shape index (κ1) is 16.7. The monoisotopic (exact) mass is 278 g/mol. The highest BCUT2D eigenvalue weighted by molar-refractivity contribution is 5.76. The lowest BCUT2D eigenvalue weighted by atomic mass is 10.2. The number of benzene rings is 1. The van der Waals surface area contributed by atoms with Gasteiger partial charge in [-0.1, -0.05) is 30.3 Å². The Bertz CT molecular complexity index is 379. The molecule has 1 N–H and O–H groups in total. The highest BCUT2D eigenvalue weighted by Crippen LogP contribution is 2.08. The Balaban J connectivity index is 2.38. The van der Waals surface area contributed by atoms with Crippen molar-refractivity contribution in [2.24, 2.45) is 0 Å². The van der Waals surface area contributed by atoms with Gasteiger partial charge in [-0.3, -0.25) is 9.69 Å². The molecule has 0 radical (unpaired) electrons. The van der Waals surface area contributed by atoms with Crippen molar-refractivity contribution in [1.82, 2.24) is 10.2 Å². The molecule has 20 heavy (non-hydrogen) atoms. The summed E-state index contributed by atoms with van der Waals surface area (Å²) in [6, 6.07) is 10.8. The van der Waals surface area contributed by atoms with E-state index >= 15 is 0 Å². The lowest BCUT2D eigenvalue weighted by molar-refractivity contribution is -0.121. The van der Waals surface area contributed by atoms with Crippen molar-refractivity contribution in [1.29, 1.82) is 0 Å². The van der Waals surface area contributed by atoms with E-state index in [2.05, 4.69) is 36.2 Å². The van der Waals surface area contributed by atoms with E-state index in [1.165, 1.54) is 5.56 Å². The van der Waals surface area contributed by atoms with Gasteiger partial charge in [-0.25, -0.2) is 0 Å². The van der Waals surface area contributed by atoms with Crippen molar-refractivity contribution in [3.63, 3.8) is 0 Å². The highest BCUT2D eigenvalue weighted by Gasteiger charge is 2.12. The molecule has 1 rings (SSSR count). The maximum atomic E-state index is 11.7. The van der Waals surface area contributed by atoms with E-state index in [0.29, 0.717) is 25.6 Å². The predicted molar refractivity (Wildman–Crippen MR) is 81.5 cm³/mol. The quantitative estimate of drug-likeness (QED) is 0.703. The van der Waals surface area contributed by atoms with Gasteiger partial charge in [0.1, 0.15) is 0 Å². The van der Waals surface area contributed by atoms with Crippen molar-refractivity contribution in [2.75, 3.05) is 26.8 Å². The number of rotatable bonds is 9. The maximum absolute atomic E-state index is 11.7. The third kappa shape index (κ3) is 6.68. The normalized spacial score (nSPS) is 11.1. The summed E-state index contributed by atoms with van der Waals surface area (Å²) in [4.78, 5) is 14.0. The van der Waals surface area contributed by atoms with Crippen LogP contribution in [0.3, 0.4) is 0 Å². The van der Waals surface area contributed by atoms with E-state index in [1.807, 2.05) is 18.2 Å². The number of carbonyl (C=O) groups excluding carboxylic acids is 1. The summed E-state index contributed by atoms with van der Waals surface area (Å²) >= 11 is 0. The standard InChI is InChI=1S/C16H26N2O2/c1-14(2)18(13-15-7-5-4-6-8-15)11-9-16(19)17-10-12-20-3/h4-8,14H,9-13H2,1-3H3,(H,17,19). The number of hydrogen-bond donors (Lipinski definition) is 1. The van der Waals surface area contributed by atoms with Crippen LogP contribution in [0, 0.1) is 0 Å². The van der Waals surface area contributed by atoms with E-state index in [-0.39, 0.29) is 5.91 Å². The van der Waals surface area contributed by atoms with Crippen molar-refractivity contribution >= 4 is 5.91 Å². The van der Waals surface area contributed by atoms with Gasteiger partial charge < -0.3 is 10.1 Å². The number of nitrogens with zero attached hydrogens (tertiary/aromatic N) is 1. The van der Waals surface area contributed by atoms with Gasteiger partial charge in [0, 0.05) is 39.2 Å². The second kappa shape index (κ2) is 9.50. The smallest absolute Gasteiger partial charge is 0.221 e. The minimum absolute atomic E-state index is 0.0840. The molecular weight excluding hydrogens is 252 g/mol. The third-order valence-corrected chi connectivity index (χ3v) is 3.21. The van der Waals surface area contributed by atoms with Crippen LogP contribution < -0.4 is 5.32 Å². The zero-order chi connectivity index (χ0) is 14.8. The molecule has 1 amide bonds. The van der Waals surface area contributed by atoms with E-state index in [4.69, 9.17) is 4.74 Å². The molecule has 0 aliphatic carbocycles. The Morgan fingerprint density at radius 2 is 2.00 bits per heavy atom. The molecule has 112 valence electrons. The second-order valence-corrected chi connectivity index (χ2v) is 5.14. The van der Waals surface area contributed by atoms with Crippen LogP contribution in [0.15, 0.2) is 30.3 Å². The topological polar surface area (TPSA) is 41.6 Å². The van der Waals surface area contributed by atoms with Gasteiger partial charge in [0.25, 0.3) is 0 Å². The molecule has 0 saturated carbocycles. The van der Waals surface area contributed by atoms with Gasteiger partial charge in [-0.2, -0.15) is 0 Å². The number of carbonyl (C=O) groups is 1. The average Bonchev–Trinajstić information content (AvgIpc) is 2.44. The molecule has 0 atom stereocenters. The molecule has 0 saturated heterocycles. The van der Waals surface area contributed by atoms with Crippen molar-refractivity contribution < 1.29 is 9.53 Å². The van der Waals surface area contributed by atoms with E-state index < -0.39 is 0 Å². The number of methoxy groups -OCH3 is 1. The number of ether oxygens (including phenoxy) is 1. The van der Waals surface area contributed by atoms with E-state index in [1.54, 1.807) is 7.11 Å². The molecule has 0 unspecified atom stereocenters. The summed E-state index contributed by atoms with van der Waals surface area (Å²) in [5.41, 5.74) is 1.28. The van der Waals surface area contributed by atoms with E-state index in [0.717, 1.165) is 13.1 Å². The molecule has 0 fully saturated rings. The zero-order valence-corrected chi connectivity index (χ0v) is 12.8. The minimum Gasteiger partial charge on any atom is -0.383 e. The fourth-order valence-corrected chi connectivity index (χ4v) is 1.96. The Labute approximate surface area is 122 Å². The average molecular weight is 278 g/mol. The van der Waals surface area contributed by atoms with Crippen LogP contribution in [0.5, 0.6) is 0 Å². The SMILES string of the molecule is COCCNC(=O)CCN(Cc1ccccc1)C(C)C. The van der Waals surface area contributed by atoms with Gasteiger partial charge in [0.15, 0.2) is 0 Å². The van der Waals surface area contributed by atoms with Gasteiger partial charge in [0.05, 0.1) is 6.61 Å². The van der Waals surface area contributed by atoms with Crippen molar-refractivity contribution in [3.8, 4) is 0 Å². The summed E-state index contributed by atoms with van der Waals surface area (Å²) < 4.78 is 4.91. The van der Waals surface area contributed by atoms with Crippen molar-refractivity contribution in [2.45, 2.75) is 32.9 Å². The molecule has 0 heterocycles. The van der Waals surface area contributed by atoms with Crippen LogP contribution in [0.25, 0.3) is 0 Å². The summed E-state index contributed by atoms with van der Waals surface area (Å²) in [7, 11) is 1.63. The molecule has 0 aliphatic heterocycles. The third-order valence-electron chi connectivity index (χ3n) is 3.21. The second-order valence-electron chi connectivity index (χ2n) is 5.14. The number of amides is 1. The summed E-state index contributed by atoms with van der Waals surface area (Å²) in [5.74, 6) is 0.0840. The Morgan fingerprint density at radius 1 is 1.30 bits per heavy atom. The van der Waals surface area contributed by atoms with Gasteiger partial charge in [0.2, 0.25) is 5.91 Å². The molecule has 1 aromatic carbocycles. The lowest BCUT2D eigenvalue weighted by Gasteiger charge is -2.26. The Kier molecular flexibility index (Phi) is 7.92. The number of nitrogens with one attached hydrogen (secondary N) is 1. The van der Waals surface area contributed by atoms with Gasteiger partial charge >= 0.3 is 0 Å². The summed E-state index contributed by atoms with van der Waals surface area (Å²) in [6.45, 7) is 7.10. The van der Waals surface area contributed by atoms with Crippen LogP contribution in [0.2, 0.25) is 0 Å². The Morgan fingerprint density at radius 3 is 2.60 bits per heavy atom. The summed E-state index contributed by atoms with van der Waals surface area (Å²) in [5, 5.41) is 2.85. The zero-order valence-electron chi connectivity index (χ0n) is 12.8. The molecule has 1 aromatic rings. The van der Waals surface area contributed by atoms with Crippen LogP contribution in [0.1, 0.15) is 25.8 Å². The van der Waals surface area contributed by atoms with Crippen LogP contribution in [-0.4, -0.2) is 43.7 Å². The molecule has 0 spiro atoms. The molecule has 4 heteroatoms. The minimum atomic E-state index is 0.0840.